The molecule has 0 radical (unpaired) electrons. The zero-order valence-corrected chi connectivity index (χ0v) is 10.1. The van der Waals surface area contributed by atoms with E-state index in [9.17, 15) is 0 Å². The topological polar surface area (TPSA) is 76.7 Å². The Labute approximate surface area is 99.5 Å². The maximum atomic E-state index is 5.23. The van der Waals surface area contributed by atoms with Crippen molar-refractivity contribution in [3.63, 3.8) is 0 Å². The van der Waals surface area contributed by atoms with Gasteiger partial charge in [-0.2, -0.15) is 4.98 Å². The molecular formula is C11H15N5O. The fourth-order valence-corrected chi connectivity index (χ4v) is 1.40. The van der Waals surface area contributed by atoms with Crippen molar-refractivity contribution in [1.29, 1.82) is 0 Å². The summed E-state index contributed by atoms with van der Waals surface area (Å²) in [6, 6.07) is 0.269. The van der Waals surface area contributed by atoms with Crippen molar-refractivity contribution in [2.24, 2.45) is 0 Å². The van der Waals surface area contributed by atoms with E-state index in [0.29, 0.717) is 17.4 Å². The number of hydrogen-bond acceptors (Lipinski definition) is 6. The molecule has 90 valence electrons. The summed E-state index contributed by atoms with van der Waals surface area (Å²) in [6.07, 6.45) is 4.82. The first-order valence-corrected chi connectivity index (χ1v) is 5.49. The third kappa shape index (κ3) is 2.47. The minimum absolute atomic E-state index is 0.151. The maximum Gasteiger partial charge on any atom is 0.231 e. The Bertz CT molecular complexity index is 470. The van der Waals surface area contributed by atoms with Gasteiger partial charge in [0.15, 0.2) is 0 Å². The molecule has 6 heteroatoms. The van der Waals surface area contributed by atoms with Gasteiger partial charge < -0.3 is 9.84 Å². The average molecular weight is 233 g/mol. The summed E-state index contributed by atoms with van der Waals surface area (Å²) in [5.74, 6) is 1.23. The second-order valence-electron chi connectivity index (χ2n) is 3.91. The minimum atomic E-state index is 0.151. The van der Waals surface area contributed by atoms with Gasteiger partial charge >= 0.3 is 0 Å². The summed E-state index contributed by atoms with van der Waals surface area (Å²) >= 11 is 0. The molecule has 0 aliphatic heterocycles. The molecular weight excluding hydrogens is 218 g/mol. The molecule has 0 spiro atoms. The SMILES string of the molecule is CNC(C)C(C)c1nc(-c2cnccn2)no1. The van der Waals surface area contributed by atoms with Gasteiger partial charge in [0.05, 0.1) is 12.1 Å². The Morgan fingerprint density at radius 1 is 1.29 bits per heavy atom. The van der Waals surface area contributed by atoms with Crippen molar-refractivity contribution in [1.82, 2.24) is 25.4 Å². The standard InChI is InChI=1S/C11H15N5O/c1-7(8(2)12-3)11-15-10(16-17-11)9-6-13-4-5-14-9/h4-8,12H,1-3H3. The highest BCUT2D eigenvalue weighted by Gasteiger charge is 2.20. The van der Waals surface area contributed by atoms with Crippen LogP contribution in [-0.2, 0) is 0 Å². The Kier molecular flexibility index (Phi) is 3.43. The highest BCUT2D eigenvalue weighted by atomic mass is 16.5. The average Bonchev–Trinajstić information content (AvgIpc) is 2.87. The minimum Gasteiger partial charge on any atom is -0.339 e. The zero-order valence-electron chi connectivity index (χ0n) is 10.1. The number of nitrogens with zero attached hydrogens (tertiary/aromatic N) is 4. The summed E-state index contributed by atoms with van der Waals surface area (Å²) in [5.41, 5.74) is 0.617. The molecule has 2 aromatic heterocycles. The molecule has 2 heterocycles. The van der Waals surface area contributed by atoms with E-state index in [4.69, 9.17) is 4.52 Å². The Balaban J connectivity index is 2.22. The summed E-state index contributed by atoms with van der Waals surface area (Å²) < 4.78 is 5.23. The highest BCUT2D eigenvalue weighted by molar-refractivity contribution is 5.45. The predicted molar refractivity (Wildman–Crippen MR) is 62.3 cm³/mol. The monoisotopic (exact) mass is 233 g/mol. The van der Waals surface area contributed by atoms with Gasteiger partial charge in [0.25, 0.3) is 0 Å². The molecule has 0 aliphatic rings. The predicted octanol–water partition coefficient (Wildman–Crippen LogP) is 1.24. The Hall–Kier alpha value is -1.82. The van der Waals surface area contributed by atoms with Crippen molar-refractivity contribution >= 4 is 0 Å². The largest absolute Gasteiger partial charge is 0.339 e. The molecule has 0 fully saturated rings. The van der Waals surface area contributed by atoms with E-state index in [2.05, 4.69) is 32.3 Å². The van der Waals surface area contributed by atoms with Crippen LogP contribution in [0, 0.1) is 0 Å². The molecule has 17 heavy (non-hydrogen) atoms. The third-order valence-corrected chi connectivity index (χ3v) is 2.83. The molecule has 0 bridgehead atoms. The summed E-state index contributed by atoms with van der Waals surface area (Å²) in [5, 5.41) is 7.06. The van der Waals surface area contributed by atoms with Gasteiger partial charge in [0, 0.05) is 18.4 Å². The number of nitrogens with one attached hydrogen (secondary N) is 1. The Morgan fingerprint density at radius 3 is 2.76 bits per heavy atom. The fourth-order valence-electron chi connectivity index (χ4n) is 1.40. The zero-order chi connectivity index (χ0) is 12.3. The molecule has 0 amide bonds. The highest BCUT2D eigenvalue weighted by Crippen LogP contribution is 2.19. The summed E-state index contributed by atoms with van der Waals surface area (Å²) in [7, 11) is 1.90. The number of likely N-dealkylation sites (N-methyl/N-ethyl adjacent to an activating group) is 1. The molecule has 6 nitrogen and oxygen atoms in total. The number of hydrogen-bond donors (Lipinski definition) is 1. The molecule has 2 atom stereocenters. The van der Waals surface area contributed by atoms with Gasteiger partial charge in [-0.05, 0) is 14.0 Å². The number of rotatable bonds is 4. The molecule has 1 N–H and O–H groups in total. The number of aromatic nitrogens is 4. The van der Waals surface area contributed by atoms with Crippen LogP contribution in [0.3, 0.4) is 0 Å². The van der Waals surface area contributed by atoms with Crippen molar-refractivity contribution in [2.45, 2.75) is 25.8 Å². The van der Waals surface area contributed by atoms with Crippen LogP contribution < -0.4 is 5.32 Å². The first kappa shape index (κ1) is 11.7. The lowest BCUT2D eigenvalue weighted by atomic mass is 10.0. The van der Waals surface area contributed by atoms with E-state index in [1.165, 1.54) is 0 Å². The van der Waals surface area contributed by atoms with Gasteiger partial charge in [-0.15, -0.1) is 0 Å². The molecule has 0 aromatic carbocycles. The lowest BCUT2D eigenvalue weighted by Crippen LogP contribution is -2.27. The van der Waals surface area contributed by atoms with E-state index >= 15 is 0 Å². The molecule has 0 saturated carbocycles. The lowest BCUT2D eigenvalue weighted by molar-refractivity contribution is 0.336. The van der Waals surface area contributed by atoms with Crippen LogP contribution in [0.2, 0.25) is 0 Å². The first-order valence-electron chi connectivity index (χ1n) is 5.49. The molecule has 2 aromatic rings. The normalized spacial score (nSPS) is 14.5. The molecule has 0 saturated heterocycles. The van der Waals surface area contributed by atoms with Crippen LogP contribution in [0.4, 0.5) is 0 Å². The first-order chi connectivity index (χ1) is 8.22. The summed E-state index contributed by atoms with van der Waals surface area (Å²) in [6.45, 7) is 4.10. The van der Waals surface area contributed by atoms with Crippen molar-refractivity contribution in [2.75, 3.05) is 7.05 Å². The molecule has 2 unspecified atom stereocenters. The van der Waals surface area contributed by atoms with Gasteiger partial charge in [-0.3, -0.25) is 4.98 Å². The van der Waals surface area contributed by atoms with E-state index in [1.54, 1.807) is 18.6 Å². The van der Waals surface area contributed by atoms with E-state index < -0.39 is 0 Å². The fraction of sp³-hybridized carbons (Fsp3) is 0.455. The van der Waals surface area contributed by atoms with Crippen LogP contribution in [-0.4, -0.2) is 33.2 Å². The van der Waals surface area contributed by atoms with Crippen LogP contribution in [0.5, 0.6) is 0 Å². The Morgan fingerprint density at radius 2 is 2.12 bits per heavy atom. The van der Waals surface area contributed by atoms with Crippen LogP contribution in [0.1, 0.15) is 25.7 Å². The maximum absolute atomic E-state index is 5.23. The van der Waals surface area contributed by atoms with Crippen LogP contribution in [0.25, 0.3) is 11.5 Å². The van der Waals surface area contributed by atoms with Crippen LogP contribution >= 0.6 is 0 Å². The second-order valence-corrected chi connectivity index (χ2v) is 3.91. The smallest absolute Gasteiger partial charge is 0.231 e. The third-order valence-electron chi connectivity index (χ3n) is 2.83. The van der Waals surface area contributed by atoms with Gasteiger partial charge in [-0.1, -0.05) is 12.1 Å². The van der Waals surface area contributed by atoms with Gasteiger partial charge in [0.1, 0.15) is 5.69 Å². The van der Waals surface area contributed by atoms with Gasteiger partial charge in [0.2, 0.25) is 11.7 Å². The van der Waals surface area contributed by atoms with Crippen molar-refractivity contribution in [3.8, 4) is 11.5 Å². The van der Waals surface area contributed by atoms with Gasteiger partial charge in [-0.25, -0.2) is 4.98 Å². The van der Waals surface area contributed by atoms with Crippen molar-refractivity contribution < 1.29 is 4.52 Å². The second kappa shape index (κ2) is 5.01. The van der Waals surface area contributed by atoms with E-state index in [0.717, 1.165) is 0 Å². The quantitative estimate of drug-likeness (QED) is 0.856. The summed E-state index contributed by atoms with van der Waals surface area (Å²) in [4.78, 5) is 12.4. The van der Waals surface area contributed by atoms with Crippen molar-refractivity contribution in [3.05, 3.63) is 24.5 Å². The lowest BCUT2D eigenvalue weighted by Gasteiger charge is -2.14. The molecule has 0 aliphatic carbocycles. The van der Waals surface area contributed by atoms with Crippen LogP contribution in [0.15, 0.2) is 23.1 Å². The van der Waals surface area contributed by atoms with E-state index in [1.807, 2.05) is 14.0 Å². The van der Waals surface area contributed by atoms with E-state index in [-0.39, 0.29) is 12.0 Å². The molecule has 2 rings (SSSR count).